The summed E-state index contributed by atoms with van der Waals surface area (Å²) in [5, 5.41) is 6.61. The van der Waals surface area contributed by atoms with Gasteiger partial charge in [0.25, 0.3) is 0 Å². The Bertz CT molecular complexity index is 663. The molecule has 0 saturated heterocycles. The minimum Gasteiger partial charge on any atom is -0.324 e. The molecule has 2 rings (SSSR count). The smallest absolute Gasteiger partial charge is 0.246 e. The Labute approximate surface area is 145 Å². The third-order valence-corrected chi connectivity index (χ3v) is 4.43. The second kappa shape index (κ2) is 8.65. The first-order valence-corrected chi connectivity index (χ1v) is 8.74. The van der Waals surface area contributed by atoms with Crippen molar-refractivity contribution in [1.82, 2.24) is 5.32 Å². The molecule has 24 heavy (non-hydrogen) atoms. The number of hydrogen-bond donors (Lipinski definition) is 2. The van der Waals surface area contributed by atoms with Crippen molar-refractivity contribution < 1.29 is 4.79 Å². The first-order chi connectivity index (χ1) is 11.5. The third kappa shape index (κ3) is 4.68. The second-order valence-corrected chi connectivity index (χ2v) is 6.33. The zero-order chi connectivity index (χ0) is 17.5. The highest BCUT2D eigenvalue weighted by Gasteiger charge is 2.23. The van der Waals surface area contributed by atoms with Gasteiger partial charge in [-0.15, -0.1) is 0 Å². The highest BCUT2D eigenvalue weighted by atomic mass is 16.2. The lowest BCUT2D eigenvalue weighted by molar-refractivity contribution is -0.118. The molecule has 0 aliphatic heterocycles. The minimum absolute atomic E-state index is 0.0122. The van der Waals surface area contributed by atoms with E-state index >= 15 is 0 Å². The van der Waals surface area contributed by atoms with Gasteiger partial charge < -0.3 is 5.32 Å². The van der Waals surface area contributed by atoms with Crippen molar-refractivity contribution in [3.05, 3.63) is 65.2 Å². The van der Waals surface area contributed by atoms with Crippen LogP contribution in [-0.2, 0) is 4.79 Å². The van der Waals surface area contributed by atoms with Crippen molar-refractivity contribution in [2.75, 3.05) is 5.32 Å². The molecule has 0 bridgehead atoms. The molecular weight excluding hydrogens is 296 g/mol. The maximum atomic E-state index is 13.0. The summed E-state index contributed by atoms with van der Waals surface area (Å²) in [5.41, 5.74) is 4.09. The van der Waals surface area contributed by atoms with E-state index in [0.717, 1.165) is 35.2 Å². The lowest BCUT2D eigenvalue weighted by Crippen LogP contribution is -2.39. The van der Waals surface area contributed by atoms with E-state index in [9.17, 15) is 4.79 Å². The number of carbonyl (C=O) groups is 1. The first-order valence-electron chi connectivity index (χ1n) is 8.74. The molecule has 1 amide bonds. The molecule has 0 fully saturated rings. The van der Waals surface area contributed by atoms with E-state index in [-0.39, 0.29) is 11.9 Å². The lowest BCUT2D eigenvalue weighted by atomic mass is 10.0. The zero-order valence-electron chi connectivity index (χ0n) is 15.1. The summed E-state index contributed by atoms with van der Waals surface area (Å²) in [6.07, 6.45) is 1.99. The summed E-state index contributed by atoms with van der Waals surface area (Å²) < 4.78 is 0. The summed E-state index contributed by atoms with van der Waals surface area (Å²) in [4.78, 5) is 13.0. The SMILES string of the molecule is CCC(CC)N[C@@H](C(=O)Nc1cc(C)ccc1C)c1ccccc1. The van der Waals surface area contributed by atoms with Crippen LogP contribution in [-0.4, -0.2) is 11.9 Å². The Hall–Kier alpha value is -2.13. The molecular formula is C21H28N2O. The largest absolute Gasteiger partial charge is 0.324 e. The molecule has 1 atom stereocenters. The molecule has 0 aliphatic carbocycles. The highest BCUT2D eigenvalue weighted by Crippen LogP contribution is 2.21. The summed E-state index contributed by atoms with van der Waals surface area (Å²) in [5.74, 6) is -0.0122. The van der Waals surface area contributed by atoms with Gasteiger partial charge in [0.2, 0.25) is 5.91 Å². The van der Waals surface area contributed by atoms with Gasteiger partial charge in [-0.25, -0.2) is 0 Å². The fourth-order valence-corrected chi connectivity index (χ4v) is 2.80. The predicted molar refractivity (Wildman–Crippen MR) is 101 cm³/mol. The van der Waals surface area contributed by atoms with Crippen LogP contribution < -0.4 is 10.6 Å². The van der Waals surface area contributed by atoms with Crippen LogP contribution in [0.15, 0.2) is 48.5 Å². The number of benzene rings is 2. The van der Waals surface area contributed by atoms with Gasteiger partial charge in [-0.3, -0.25) is 10.1 Å². The normalized spacial score (nSPS) is 12.2. The predicted octanol–water partition coefficient (Wildman–Crippen LogP) is 4.76. The van der Waals surface area contributed by atoms with Crippen LogP contribution >= 0.6 is 0 Å². The third-order valence-electron chi connectivity index (χ3n) is 4.43. The van der Waals surface area contributed by atoms with Crippen LogP contribution in [0.3, 0.4) is 0 Å². The van der Waals surface area contributed by atoms with Crippen LogP contribution in [0.2, 0.25) is 0 Å². The van der Waals surface area contributed by atoms with Crippen molar-refractivity contribution in [3.8, 4) is 0 Å². The van der Waals surface area contributed by atoms with E-state index in [1.54, 1.807) is 0 Å². The molecule has 2 aromatic rings. The Morgan fingerprint density at radius 1 is 1.00 bits per heavy atom. The molecule has 0 aromatic heterocycles. The van der Waals surface area contributed by atoms with E-state index < -0.39 is 0 Å². The van der Waals surface area contributed by atoms with Crippen molar-refractivity contribution in [2.45, 2.75) is 52.6 Å². The van der Waals surface area contributed by atoms with Gasteiger partial charge in [-0.05, 0) is 49.4 Å². The van der Waals surface area contributed by atoms with Crippen LogP contribution in [0.5, 0.6) is 0 Å². The van der Waals surface area contributed by atoms with Crippen molar-refractivity contribution >= 4 is 11.6 Å². The van der Waals surface area contributed by atoms with Gasteiger partial charge in [-0.2, -0.15) is 0 Å². The Balaban J connectivity index is 2.25. The molecule has 0 aliphatic rings. The molecule has 2 aromatic carbocycles. The van der Waals surface area contributed by atoms with Gasteiger partial charge in [0.05, 0.1) is 0 Å². The topological polar surface area (TPSA) is 41.1 Å². The molecule has 3 nitrogen and oxygen atoms in total. The van der Waals surface area contributed by atoms with Crippen molar-refractivity contribution in [3.63, 3.8) is 0 Å². The summed E-state index contributed by atoms with van der Waals surface area (Å²) in [7, 11) is 0. The maximum Gasteiger partial charge on any atom is 0.246 e. The maximum absolute atomic E-state index is 13.0. The number of carbonyl (C=O) groups excluding carboxylic acids is 1. The Morgan fingerprint density at radius 3 is 2.29 bits per heavy atom. The summed E-state index contributed by atoms with van der Waals surface area (Å²) in [6.45, 7) is 8.34. The van der Waals surface area contributed by atoms with Gasteiger partial charge in [0.1, 0.15) is 6.04 Å². The Morgan fingerprint density at radius 2 is 1.67 bits per heavy atom. The van der Waals surface area contributed by atoms with Crippen LogP contribution in [0.1, 0.15) is 49.4 Å². The minimum atomic E-state index is -0.351. The average Bonchev–Trinajstić information content (AvgIpc) is 2.60. The number of hydrogen-bond acceptors (Lipinski definition) is 2. The molecule has 3 heteroatoms. The van der Waals surface area contributed by atoms with Gasteiger partial charge in [0, 0.05) is 11.7 Å². The summed E-state index contributed by atoms with van der Waals surface area (Å²) in [6, 6.07) is 16.0. The number of amides is 1. The molecule has 0 unspecified atom stereocenters. The molecule has 0 radical (unpaired) electrons. The van der Waals surface area contributed by atoms with E-state index in [2.05, 4.69) is 30.5 Å². The molecule has 0 heterocycles. The number of nitrogens with one attached hydrogen (secondary N) is 2. The zero-order valence-corrected chi connectivity index (χ0v) is 15.1. The second-order valence-electron chi connectivity index (χ2n) is 6.33. The standard InChI is InChI=1S/C21H28N2O/c1-5-18(6-2)22-20(17-10-8-7-9-11-17)21(24)23-19-14-15(3)12-13-16(19)4/h7-14,18,20,22H,5-6H2,1-4H3,(H,23,24)/t20-/m1/s1. The van der Waals surface area contributed by atoms with Crippen molar-refractivity contribution in [1.29, 1.82) is 0 Å². The number of anilines is 1. The molecule has 2 N–H and O–H groups in total. The van der Waals surface area contributed by atoms with Gasteiger partial charge in [-0.1, -0.05) is 56.3 Å². The highest BCUT2D eigenvalue weighted by molar-refractivity contribution is 5.96. The molecule has 0 spiro atoms. The van der Waals surface area contributed by atoms with Crippen LogP contribution in [0.25, 0.3) is 0 Å². The van der Waals surface area contributed by atoms with E-state index in [0.29, 0.717) is 6.04 Å². The quantitative estimate of drug-likeness (QED) is 0.771. The Kier molecular flexibility index (Phi) is 6.56. The van der Waals surface area contributed by atoms with Gasteiger partial charge >= 0.3 is 0 Å². The fourth-order valence-electron chi connectivity index (χ4n) is 2.80. The van der Waals surface area contributed by atoms with E-state index in [1.165, 1.54) is 0 Å². The van der Waals surface area contributed by atoms with Crippen LogP contribution in [0, 0.1) is 13.8 Å². The van der Waals surface area contributed by atoms with Crippen molar-refractivity contribution in [2.24, 2.45) is 0 Å². The number of aryl methyl sites for hydroxylation is 2. The van der Waals surface area contributed by atoms with E-state index in [4.69, 9.17) is 0 Å². The van der Waals surface area contributed by atoms with E-state index in [1.807, 2.05) is 56.3 Å². The fraction of sp³-hybridized carbons (Fsp3) is 0.381. The lowest BCUT2D eigenvalue weighted by Gasteiger charge is -2.24. The molecule has 0 saturated carbocycles. The first kappa shape index (κ1) is 18.2. The average molecular weight is 324 g/mol. The van der Waals surface area contributed by atoms with Crippen LogP contribution in [0.4, 0.5) is 5.69 Å². The molecule has 128 valence electrons. The van der Waals surface area contributed by atoms with Gasteiger partial charge in [0.15, 0.2) is 0 Å². The number of rotatable bonds is 7. The monoisotopic (exact) mass is 324 g/mol. The summed E-state index contributed by atoms with van der Waals surface area (Å²) >= 11 is 0.